The van der Waals surface area contributed by atoms with Gasteiger partial charge < -0.3 is 26.8 Å². The van der Waals surface area contributed by atoms with Crippen molar-refractivity contribution in [2.75, 3.05) is 6.54 Å². The van der Waals surface area contributed by atoms with Gasteiger partial charge in [-0.3, -0.25) is 14.4 Å². The van der Waals surface area contributed by atoms with Crippen LogP contribution in [-0.4, -0.2) is 58.4 Å². The summed E-state index contributed by atoms with van der Waals surface area (Å²) in [4.78, 5) is 48.0. The Hall–Kier alpha value is -2.16. The van der Waals surface area contributed by atoms with Gasteiger partial charge in [0.1, 0.15) is 12.1 Å². The zero-order valence-electron chi connectivity index (χ0n) is 13.3. The minimum absolute atomic E-state index is 0.0755. The molecule has 0 radical (unpaired) electrons. The van der Waals surface area contributed by atoms with Gasteiger partial charge in [-0.15, -0.1) is 0 Å². The standard InChI is InChI=1S/C14H24N4O5/c1-7(2)11(16)13(21)18-5-3-4-9(18)12(20)17-8(14(22)23)6-10(15)19/h7-9,11H,3-6,16H2,1-2H3,(H2,15,19)(H,17,20)(H,22,23). The SMILES string of the molecule is CC(C)C(N)C(=O)N1CCCC1C(=O)NC(CC(N)=O)C(=O)O. The third kappa shape index (κ3) is 4.92. The first-order valence-electron chi connectivity index (χ1n) is 7.52. The van der Waals surface area contributed by atoms with E-state index < -0.39 is 42.3 Å². The number of nitrogens with one attached hydrogen (secondary N) is 1. The molecule has 130 valence electrons. The fraction of sp³-hybridized carbons (Fsp3) is 0.714. The maximum absolute atomic E-state index is 12.3. The average molecular weight is 328 g/mol. The molecule has 1 aliphatic heterocycles. The number of hydrogen-bond acceptors (Lipinski definition) is 5. The number of nitrogens with two attached hydrogens (primary N) is 2. The summed E-state index contributed by atoms with van der Waals surface area (Å²) in [7, 11) is 0. The topological polar surface area (TPSA) is 156 Å². The molecule has 3 unspecified atom stereocenters. The molecule has 3 atom stereocenters. The molecule has 1 fully saturated rings. The number of carbonyl (C=O) groups excluding carboxylic acids is 3. The summed E-state index contributed by atoms with van der Waals surface area (Å²) in [5, 5.41) is 11.3. The van der Waals surface area contributed by atoms with Crippen LogP contribution in [-0.2, 0) is 19.2 Å². The molecule has 0 aromatic carbocycles. The highest BCUT2D eigenvalue weighted by atomic mass is 16.4. The molecule has 6 N–H and O–H groups in total. The normalized spacial score (nSPS) is 20.2. The first kappa shape index (κ1) is 18.9. The molecular formula is C14H24N4O5. The van der Waals surface area contributed by atoms with Crippen LogP contribution in [0.5, 0.6) is 0 Å². The number of likely N-dealkylation sites (tertiary alicyclic amines) is 1. The molecule has 0 saturated carbocycles. The molecule has 0 aromatic rings. The lowest BCUT2D eigenvalue weighted by Crippen LogP contribution is -2.55. The Bertz CT molecular complexity index is 494. The third-order valence-electron chi connectivity index (χ3n) is 3.86. The number of carboxylic acid groups (broad SMARTS) is 1. The van der Waals surface area contributed by atoms with E-state index in [2.05, 4.69) is 5.32 Å². The van der Waals surface area contributed by atoms with Crippen molar-refractivity contribution in [2.24, 2.45) is 17.4 Å². The molecule has 0 aromatic heterocycles. The summed E-state index contributed by atoms with van der Waals surface area (Å²) < 4.78 is 0. The second-order valence-corrected chi connectivity index (χ2v) is 6.03. The number of primary amides is 1. The summed E-state index contributed by atoms with van der Waals surface area (Å²) in [5.41, 5.74) is 10.8. The molecular weight excluding hydrogens is 304 g/mol. The smallest absolute Gasteiger partial charge is 0.326 e. The van der Waals surface area contributed by atoms with Gasteiger partial charge in [-0.2, -0.15) is 0 Å². The molecule has 1 heterocycles. The van der Waals surface area contributed by atoms with Crippen molar-refractivity contribution in [2.45, 2.75) is 51.2 Å². The van der Waals surface area contributed by atoms with Gasteiger partial charge in [0.2, 0.25) is 17.7 Å². The molecule has 1 saturated heterocycles. The summed E-state index contributed by atoms with van der Waals surface area (Å²) >= 11 is 0. The van der Waals surface area contributed by atoms with Gasteiger partial charge in [0.05, 0.1) is 12.5 Å². The summed E-state index contributed by atoms with van der Waals surface area (Å²) in [5.74, 6) is -3.21. The third-order valence-corrected chi connectivity index (χ3v) is 3.86. The van der Waals surface area contributed by atoms with Gasteiger partial charge >= 0.3 is 5.97 Å². The Morgan fingerprint density at radius 3 is 2.39 bits per heavy atom. The quantitative estimate of drug-likeness (QED) is 0.441. The summed E-state index contributed by atoms with van der Waals surface area (Å²) in [6.45, 7) is 4.01. The molecule has 1 aliphatic rings. The predicted octanol–water partition coefficient (Wildman–Crippen LogP) is -1.59. The minimum atomic E-state index is -1.41. The first-order valence-corrected chi connectivity index (χ1v) is 7.52. The lowest BCUT2D eigenvalue weighted by molar-refractivity contribution is -0.145. The molecule has 0 aliphatic carbocycles. The van der Waals surface area contributed by atoms with Crippen molar-refractivity contribution >= 4 is 23.7 Å². The Morgan fingerprint density at radius 2 is 1.91 bits per heavy atom. The van der Waals surface area contributed by atoms with Crippen LogP contribution < -0.4 is 16.8 Å². The van der Waals surface area contributed by atoms with E-state index in [0.29, 0.717) is 19.4 Å². The van der Waals surface area contributed by atoms with Crippen LogP contribution in [0.4, 0.5) is 0 Å². The van der Waals surface area contributed by atoms with E-state index >= 15 is 0 Å². The largest absolute Gasteiger partial charge is 0.480 e. The molecule has 3 amide bonds. The van der Waals surface area contributed by atoms with Crippen molar-refractivity contribution in [3.05, 3.63) is 0 Å². The van der Waals surface area contributed by atoms with Gasteiger partial charge in [0.15, 0.2) is 0 Å². The number of rotatable bonds is 7. The monoisotopic (exact) mass is 328 g/mol. The van der Waals surface area contributed by atoms with E-state index in [1.54, 1.807) is 13.8 Å². The zero-order chi connectivity index (χ0) is 17.7. The van der Waals surface area contributed by atoms with Crippen LogP contribution in [0, 0.1) is 5.92 Å². The van der Waals surface area contributed by atoms with E-state index in [9.17, 15) is 19.2 Å². The fourth-order valence-electron chi connectivity index (χ4n) is 2.45. The van der Waals surface area contributed by atoms with Crippen molar-refractivity contribution in [1.29, 1.82) is 0 Å². The van der Waals surface area contributed by atoms with Crippen molar-refractivity contribution < 1.29 is 24.3 Å². The van der Waals surface area contributed by atoms with Crippen LogP contribution in [0.3, 0.4) is 0 Å². The Morgan fingerprint density at radius 1 is 1.30 bits per heavy atom. The zero-order valence-corrected chi connectivity index (χ0v) is 13.3. The predicted molar refractivity (Wildman–Crippen MR) is 80.9 cm³/mol. The van der Waals surface area contributed by atoms with Crippen LogP contribution in [0.25, 0.3) is 0 Å². The Kier molecular flexibility index (Phi) is 6.49. The van der Waals surface area contributed by atoms with E-state index in [-0.39, 0.29) is 11.8 Å². The Balaban J connectivity index is 2.79. The average Bonchev–Trinajstić information content (AvgIpc) is 2.93. The van der Waals surface area contributed by atoms with E-state index in [4.69, 9.17) is 16.6 Å². The van der Waals surface area contributed by atoms with Gasteiger partial charge in [-0.1, -0.05) is 13.8 Å². The summed E-state index contributed by atoms with van der Waals surface area (Å²) in [6.07, 6.45) is 0.542. The second kappa shape index (κ2) is 7.91. The van der Waals surface area contributed by atoms with E-state index in [0.717, 1.165) is 0 Å². The van der Waals surface area contributed by atoms with Gasteiger partial charge in [0.25, 0.3) is 0 Å². The number of carbonyl (C=O) groups is 4. The highest BCUT2D eigenvalue weighted by molar-refractivity contribution is 5.93. The van der Waals surface area contributed by atoms with Crippen molar-refractivity contribution in [1.82, 2.24) is 10.2 Å². The van der Waals surface area contributed by atoms with Crippen LogP contribution in [0.15, 0.2) is 0 Å². The summed E-state index contributed by atoms with van der Waals surface area (Å²) in [6, 6.07) is -2.90. The van der Waals surface area contributed by atoms with Gasteiger partial charge in [-0.25, -0.2) is 4.79 Å². The molecule has 0 bridgehead atoms. The van der Waals surface area contributed by atoms with Crippen molar-refractivity contribution in [3.63, 3.8) is 0 Å². The lowest BCUT2D eigenvalue weighted by atomic mass is 10.0. The lowest BCUT2D eigenvalue weighted by Gasteiger charge is -2.28. The second-order valence-electron chi connectivity index (χ2n) is 6.03. The fourth-order valence-corrected chi connectivity index (χ4v) is 2.45. The molecule has 9 nitrogen and oxygen atoms in total. The molecule has 0 spiro atoms. The Labute approximate surface area is 134 Å². The molecule has 23 heavy (non-hydrogen) atoms. The van der Waals surface area contributed by atoms with Crippen LogP contribution in [0.2, 0.25) is 0 Å². The maximum Gasteiger partial charge on any atom is 0.326 e. The highest BCUT2D eigenvalue weighted by Gasteiger charge is 2.38. The first-order chi connectivity index (χ1) is 10.6. The van der Waals surface area contributed by atoms with Crippen molar-refractivity contribution in [3.8, 4) is 0 Å². The van der Waals surface area contributed by atoms with E-state index in [1.807, 2.05) is 0 Å². The number of nitrogens with zero attached hydrogens (tertiary/aromatic N) is 1. The number of hydrogen-bond donors (Lipinski definition) is 4. The maximum atomic E-state index is 12.3. The van der Waals surface area contributed by atoms with E-state index in [1.165, 1.54) is 4.90 Å². The van der Waals surface area contributed by atoms with Crippen LogP contribution in [0.1, 0.15) is 33.1 Å². The number of aliphatic carboxylic acids is 1. The minimum Gasteiger partial charge on any atom is -0.480 e. The van der Waals surface area contributed by atoms with Gasteiger partial charge in [-0.05, 0) is 18.8 Å². The molecule has 1 rings (SSSR count). The molecule has 9 heteroatoms. The number of amides is 3. The number of carboxylic acids is 1. The van der Waals surface area contributed by atoms with Crippen LogP contribution >= 0.6 is 0 Å². The highest BCUT2D eigenvalue weighted by Crippen LogP contribution is 2.20. The van der Waals surface area contributed by atoms with Gasteiger partial charge in [0, 0.05) is 6.54 Å².